The first kappa shape index (κ1) is 15.8. The quantitative estimate of drug-likeness (QED) is 0.933. The van der Waals surface area contributed by atoms with Crippen LogP contribution in [0.5, 0.6) is 11.5 Å². The van der Waals surface area contributed by atoms with Crippen LogP contribution < -0.4 is 14.8 Å². The molecule has 1 fully saturated rings. The number of aryl methyl sites for hydroxylation is 1. The monoisotopic (exact) mass is 329 g/mol. The van der Waals surface area contributed by atoms with E-state index in [-0.39, 0.29) is 0 Å². The number of nitrogens with zero attached hydrogens (tertiary/aromatic N) is 2. The molecule has 2 aliphatic heterocycles. The van der Waals surface area contributed by atoms with E-state index in [1.54, 1.807) is 0 Å². The zero-order chi connectivity index (χ0) is 16.5. The van der Waals surface area contributed by atoms with Gasteiger partial charge in [0.2, 0.25) is 0 Å². The topological polar surface area (TPSA) is 48.3 Å². The van der Waals surface area contributed by atoms with Gasteiger partial charge in [-0.1, -0.05) is 20.3 Å². The molecule has 1 aromatic carbocycles. The van der Waals surface area contributed by atoms with Gasteiger partial charge in [-0.3, -0.25) is 0 Å². The van der Waals surface area contributed by atoms with Gasteiger partial charge in [-0.25, -0.2) is 4.98 Å². The summed E-state index contributed by atoms with van der Waals surface area (Å²) >= 11 is 0. The fourth-order valence-electron chi connectivity index (χ4n) is 3.81. The van der Waals surface area contributed by atoms with Crippen LogP contribution in [0, 0.1) is 0 Å². The molecular formula is C19H27N3O2. The molecule has 5 heteroatoms. The molecule has 24 heavy (non-hydrogen) atoms. The molecule has 3 heterocycles. The number of benzene rings is 1. The van der Waals surface area contributed by atoms with Crippen molar-refractivity contribution in [3.05, 3.63) is 18.0 Å². The van der Waals surface area contributed by atoms with Crippen molar-refractivity contribution in [2.75, 3.05) is 19.8 Å². The SMILES string of the molecule is CC(C)c1nc2cc3c(cc2n1CCC1CCCCN1)OCCO3. The first-order valence-electron chi connectivity index (χ1n) is 9.25. The summed E-state index contributed by atoms with van der Waals surface area (Å²) in [7, 11) is 0. The van der Waals surface area contributed by atoms with Crippen molar-refractivity contribution < 1.29 is 9.47 Å². The third kappa shape index (κ3) is 2.97. The molecule has 2 aliphatic rings. The molecule has 0 saturated carbocycles. The summed E-state index contributed by atoms with van der Waals surface area (Å²) < 4.78 is 13.9. The Bertz CT molecular complexity index is 717. The Hall–Kier alpha value is -1.75. The van der Waals surface area contributed by atoms with Crippen LogP contribution in [0.2, 0.25) is 0 Å². The van der Waals surface area contributed by atoms with Crippen molar-refractivity contribution in [2.45, 2.75) is 58.0 Å². The second kappa shape index (κ2) is 6.63. The van der Waals surface area contributed by atoms with Crippen molar-refractivity contribution in [2.24, 2.45) is 0 Å². The molecule has 4 rings (SSSR count). The van der Waals surface area contributed by atoms with E-state index in [0.717, 1.165) is 42.4 Å². The maximum Gasteiger partial charge on any atom is 0.163 e. The Morgan fingerprint density at radius 3 is 2.71 bits per heavy atom. The number of hydrogen-bond donors (Lipinski definition) is 1. The molecule has 1 saturated heterocycles. The minimum absolute atomic E-state index is 0.399. The van der Waals surface area contributed by atoms with Gasteiger partial charge >= 0.3 is 0 Å². The van der Waals surface area contributed by atoms with E-state index in [0.29, 0.717) is 25.2 Å². The Labute approximate surface area is 143 Å². The van der Waals surface area contributed by atoms with Gasteiger partial charge in [0.1, 0.15) is 19.0 Å². The number of ether oxygens (including phenoxy) is 2. The van der Waals surface area contributed by atoms with E-state index in [9.17, 15) is 0 Å². The third-order valence-corrected chi connectivity index (χ3v) is 5.07. The normalized spacial score (nSPS) is 20.7. The number of fused-ring (bicyclic) bond motifs is 2. The molecular weight excluding hydrogens is 302 g/mol. The summed E-state index contributed by atoms with van der Waals surface area (Å²) in [6, 6.07) is 4.77. The molecule has 1 aromatic heterocycles. The Kier molecular flexibility index (Phi) is 4.35. The zero-order valence-corrected chi connectivity index (χ0v) is 14.7. The van der Waals surface area contributed by atoms with Crippen LogP contribution in [0.25, 0.3) is 11.0 Å². The van der Waals surface area contributed by atoms with Gasteiger partial charge in [0.15, 0.2) is 11.5 Å². The number of rotatable bonds is 4. The van der Waals surface area contributed by atoms with E-state index < -0.39 is 0 Å². The fourth-order valence-corrected chi connectivity index (χ4v) is 3.81. The van der Waals surface area contributed by atoms with Crippen LogP contribution in [0.4, 0.5) is 0 Å². The lowest BCUT2D eigenvalue weighted by Gasteiger charge is -2.24. The minimum Gasteiger partial charge on any atom is -0.486 e. The minimum atomic E-state index is 0.399. The van der Waals surface area contributed by atoms with Crippen molar-refractivity contribution in [3.63, 3.8) is 0 Å². The van der Waals surface area contributed by atoms with Crippen molar-refractivity contribution in [3.8, 4) is 11.5 Å². The maximum atomic E-state index is 5.77. The molecule has 5 nitrogen and oxygen atoms in total. The summed E-state index contributed by atoms with van der Waals surface area (Å²) in [6.07, 6.45) is 5.10. The van der Waals surface area contributed by atoms with E-state index in [1.807, 2.05) is 6.07 Å². The number of nitrogens with one attached hydrogen (secondary N) is 1. The molecule has 0 amide bonds. The van der Waals surface area contributed by atoms with Gasteiger partial charge in [-0.15, -0.1) is 0 Å². The van der Waals surface area contributed by atoms with Crippen molar-refractivity contribution in [1.82, 2.24) is 14.9 Å². The van der Waals surface area contributed by atoms with Crippen LogP contribution >= 0.6 is 0 Å². The molecule has 130 valence electrons. The van der Waals surface area contributed by atoms with E-state index in [4.69, 9.17) is 14.5 Å². The van der Waals surface area contributed by atoms with Crippen LogP contribution in [0.3, 0.4) is 0 Å². The standard InChI is InChI=1S/C19H27N3O2/c1-13(2)19-21-15-11-17-18(24-10-9-23-17)12-16(15)22(19)8-6-14-5-3-4-7-20-14/h11-14,20H,3-10H2,1-2H3. The summed E-state index contributed by atoms with van der Waals surface area (Å²) in [6.45, 7) is 7.82. The summed E-state index contributed by atoms with van der Waals surface area (Å²) in [5, 5.41) is 3.65. The predicted molar refractivity (Wildman–Crippen MR) is 95.1 cm³/mol. The first-order valence-corrected chi connectivity index (χ1v) is 9.25. The molecule has 1 N–H and O–H groups in total. The Morgan fingerprint density at radius 2 is 2.00 bits per heavy atom. The highest BCUT2D eigenvalue weighted by atomic mass is 16.6. The average Bonchev–Trinajstić information content (AvgIpc) is 2.96. The number of piperidine rings is 1. The second-order valence-corrected chi connectivity index (χ2v) is 7.20. The lowest BCUT2D eigenvalue weighted by Crippen LogP contribution is -2.34. The summed E-state index contributed by atoms with van der Waals surface area (Å²) in [5.74, 6) is 3.22. The molecule has 0 bridgehead atoms. The smallest absolute Gasteiger partial charge is 0.163 e. The lowest BCUT2D eigenvalue weighted by atomic mass is 10.0. The number of imidazole rings is 1. The van der Waals surface area contributed by atoms with E-state index in [2.05, 4.69) is 29.8 Å². The van der Waals surface area contributed by atoms with Gasteiger partial charge in [-0.05, 0) is 25.8 Å². The van der Waals surface area contributed by atoms with Gasteiger partial charge in [0.05, 0.1) is 11.0 Å². The molecule has 0 spiro atoms. The largest absolute Gasteiger partial charge is 0.486 e. The lowest BCUT2D eigenvalue weighted by molar-refractivity contribution is 0.172. The van der Waals surface area contributed by atoms with E-state index in [1.165, 1.54) is 24.8 Å². The zero-order valence-electron chi connectivity index (χ0n) is 14.7. The fraction of sp³-hybridized carbons (Fsp3) is 0.632. The maximum absolute atomic E-state index is 5.77. The van der Waals surface area contributed by atoms with Crippen LogP contribution in [0.1, 0.15) is 51.3 Å². The number of hydrogen-bond acceptors (Lipinski definition) is 4. The summed E-state index contributed by atoms with van der Waals surface area (Å²) in [4.78, 5) is 4.89. The van der Waals surface area contributed by atoms with Gasteiger partial charge in [-0.2, -0.15) is 0 Å². The van der Waals surface area contributed by atoms with Crippen LogP contribution in [0.15, 0.2) is 12.1 Å². The molecule has 2 aromatic rings. The van der Waals surface area contributed by atoms with Gasteiger partial charge in [0.25, 0.3) is 0 Å². The Balaban J connectivity index is 1.66. The second-order valence-electron chi connectivity index (χ2n) is 7.20. The Morgan fingerprint density at radius 1 is 1.21 bits per heavy atom. The average molecular weight is 329 g/mol. The highest BCUT2D eigenvalue weighted by molar-refractivity contribution is 5.81. The van der Waals surface area contributed by atoms with Crippen LogP contribution in [-0.2, 0) is 6.54 Å². The predicted octanol–water partition coefficient (Wildman–Crippen LogP) is 3.46. The molecule has 1 atom stereocenters. The van der Waals surface area contributed by atoms with Gasteiger partial charge in [0, 0.05) is 30.6 Å². The van der Waals surface area contributed by atoms with Crippen LogP contribution in [-0.4, -0.2) is 35.4 Å². The summed E-state index contributed by atoms with van der Waals surface area (Å²) in [5.41, 5.74) is 2.18. The van der Waals surface area contributed by atoms with Crippen molar-refractivity contribution in [1.29, 1.82) is 0 Å². The van der Waals surface area contributed by atoms with Gasteiger partial charge < -0.3 is 19.4 Å². The molecule has 0 radical (unpaired) electrons. The number of aromatic nitrogens is 2. The first-order chi connectivity index (χ1) is 11.7. The van der Waals surface area contributed by atoms with E-state index >= 15 is 0 Å². The molecule has 0 aliphatic carbocycles. The third-order valence-electron chi connectivity index (χ3n) is 5.07. The highest BCUT2D eigenvalue weighted by Gasteiger charge is 2.20. The van der Waals surface area contributed by atoms with Crippen molar-refractivity contribution >= 4 is 11.0 Å². The molecule has 1 unspecified atom stereocenters. The highest BCUT2D eigenvalue weighted by Crippen LogP contribution is 2.35.